The summed E-state index contributed by atoms with van der Waals surface area (Å²) in [6, 6.07) is 9.49. The summed E-state index contributed by atoms with van der Waals surface area (Å²) in [5.74, 6) is 0.604. The molecule has 1 N–H and O–H groups in total. The van der Waals surface area contributed by atoms with Gasteiger partial charge in [-0.05, 0) is 58.5 Å². The minimum atomic E-state index is 0.130. The summed E-state index contributed by atoms with van der Waals surface area (Å²) >= 11 is 0. The van der Waals surface area contributed by atoms with Gasteiger partial charge in [0.15, 0.2) is 0 Å². The van der Waals surface area contributed by atoms with E-state index in [-0.39, 0.29) is 5.54 Å². The fraction of sp³-hybridized carbons (Fsp3) is 0.647. The molecule has 0 fully saturated rings. The highest BCUT2D eigenvalue weighted by Gasteiger charge is 2.30. The second-order valence-corrected chi connectivity index (χ2v) is 6.49. The molecule has 1 rings (SSSR count). The second kappa shape index (κ2) is 6.53. The first-order valence-corrected chi connectivity index (χ1v) is 7.22. The molecule has 0 bridgehead atoms. The molecule has 0 aliphatic rings. The maximum atomic E-state index is 3.47. The predicted molar refractivity (Wildman–Crippen MR) is 84.8 cm³/mol. The Morgan fingerprint density at radius 3 is 2.00 bits per heavy atom. The summed E-state index contributed by atoms with van der Waals surface area (Å²) in [4.78, 5) is 2.29. The third-order valence-electron chi connectivity index (χ3n) is 4.44. The van der Waals surface area contributed by atoms with E-state index in [4.69, 9.17) is 0 Å². The summed E-state index contributed by atoms with van der Waals surface area (Å²) in [5.41, 5.74) is 2.95. The van der Waals surface area contributed by atoms with Crippen molar-refractivity contribution >= 4 is 0 Å². The van der Waals surface area contributed by atoms with Gasteiger partial charge >= 0.3 is 0 Å². The molecule has 0 amide bonds. The molecule has 0 aromatic heterocycles. The molecule has 2 heteroatoms. The van der Waals surface area contributed by atoms with E-state index in [9.17, 15) is 0 Å². The lowest BCUT2D eigenvalue weighted by Gasteiger charge is -2.40. The minimum absolute atomic E-state index is 0.130. The molecule has 0 saturated heterocycles. The molecule has 0 saturated carbocycles. The van der Waals surface area contributed by atoms with Crippen LogP contribution in [0.2, 0.25) is 0 Å². The van der Waals surface area contributed by atoms with Crippen LogP contribution in [0.25, 0.3) is 0 Å². The van der Waals surface area contributed by atoms with E-state index in [0.717, 1.165) is 6.42 Å². The lowest BCUT2D eigenvalue weighted by atomic mass is 9.87. The summed E-state index contributed by atoms with van der Waals surface area (Å²) in [6.45, 7) is 9.05. The van der Waals surface area contributed by atoms with Crippen molar-refractivity contribution in [2.45, 2.75) is 51.6 Å². The number of likely N-dealkylation sites (N-methyl/N-ethyl adjacent to an activating group) is 2. The van der Waals surface area contributed by atoms with Gasteiger partial charge in [0.2, 0.25) is 0 Å². The van der Waals surface area contributed by atoms with Crippen LogP contribution < -0.4 is 5.32 Å². The zero-order valence-corrected chi connectivity index (χ0v) is 13.6. The lowest BCUT2D eigenvalue weighted by molar-refractivity contribution is 0.141. The first kappa shape index (κ1) is 16.2. The highest BCUT2D eigenvalue weighted by molar-refractivity contribution is 5.25. The zero-order valence-electron chi connectivity index (χ0n) is 13.6. The van der Waals surface area contributed by atoms with Crippen LogP contribution in [-0.4, -0.2) is 37.6 Å². The van der Waals surface area contributed by atoms with Crippen molar-refractivity contribution in [3.8, 4) is 0 Å². The normalized spacial score (nSPS) is 14.2. The number of hydrogen-bond acceptors (Lipinski definition) is 2. The Bertz CT molecular complexity index is 377. The molecule has 0 heterocycles. The number of nitrogens with zero attached hydrogens (tertiary/aromatic N) is 1. The van der Waals surface area contributed by atoms with Gasteiger partial charge in [-0.15, -0.1) is 0 Å². The largest absolute Gasteiger partial charge is 0.315 e. The Hall–Kier alpha value is -0.860. The molecule has 19 heavy (non-hydrogen) atoms. The average Bonchev–Trinajstić information content (AvgIpc) is 2.35. The molecule has 0 aliphatic carbocycles. The SMILES string of the molecule is CNC(Cc1ccc(C(C)C)cc1)C(C)(C)N(C)C. The highest BCUT2D eigenvalue weighted by atomic mass is 15.2. The smallest absolute Gasteiger partial charge is 0.0303 e. The van der Waals surface area contributed by atoms with E-state index < -0.39 is 0 Å². The Kier molecular flexibility index (Phi) is 5.57. The first-order chi connectivity index (χ1) is 8.78. The van der Waals surface area contributed by atoms with Crippen molar-refractivity contribution in [2.24, 2.45) is 0 Å². The molecule has 0 spiro atoms. The van der Waals surface area contributed by atoms with Crippen molar-refractivity contribution < 1.29 is 0 Å². The number of hydrogen-bond donors (Lipinski definition) is 1. The van der Waals surface area contributed by atoms with Crippen molar-refractivity contribution in [3.05, 3.63) is 35.4 Å². The molecule has 2 nitrogen and oxygen atoms in total. The zero-order chi connectivity index (χ0) is 14.6. The van der Waals surface area contributed by atoms with Gasteiger partial charge < -0.3 is 10.2 Å². The van der Waals surface area contributed by atoms with Gasteiger partial charge in [-0.1, -0.05) is 38.1 Å². The van der Waals surface area contributed by atoms with Gasteiger partial charge in [0, 0.05) is 11.6 Å². The van der Waals surface area contributed by atoms with E-state index in [0.29, 0.717) is 12.0 Å². The topological polar surface area (TPSA) is 15.3 Å². The summed E-state index contributed by atoms with van der Waals surface area (Å²) < 4.78 is 0. The average molecular weight is 262 g/mol. The van der Waals surface area contributed by atoms with Crippen LogP contribution in [0.1, 0.15) is 44.7 Å². The third kappa shape index (κ3) is 4.05. The molecule has 1 aromatic carbocycles. The molecule has 0 radical (unpaired) electrons. The molecular weight excluding hydrogens is 232 g/mol. The number of benzene rings is 1. The van der Waals surface area contributed by atoms with Crippen LogP contribution in [0.3, 0.4) is 0 Å². The molecule has 108 valence electrons. The van der Waals surface area contributed by atoms with Crippen molar-refractivity contribution in [3.63, 3.8) is 0 Å². The summed E-state index contributed by atoms with van der Waals surface area (Å²) in [5, 5.41) is 3.47. The van der Waals surface area contributed by atoms with Gasteiger partial charge in [0.25, 0.3) is 0 Å². The van der Waals surface area contributed by atoms with Crippen molar-refractivity contribution in [1.29, 1.82) is 0 Å². The van der Waals surface area contributed by atoms with Crippen LogP contribution in [0, 0.1) is 0 Å². The van der Waals surface area contributed by atoms with Crippen LogP contribution in [-0.2, 0) is 6.42 Å². The standard InChI is InChI=1S/C17H30N2/c1-13(2)15-10-8-14(9-11-15)12-16(18-5)17(3,4)19(6)7/h8-11,13,16,18H,12H2,1-7H3. The minimum Gasteiger partial charge on any atom is -0.315 e. The highest BCUT2D eigenvalue weighted by Crippen LogP contribution is 2.21. The lowest BCUT2D eigenvalue weighted by Crippen LogP contribution is -2.55. The van der Waals surface area contributed by atoms with E-state index in [1.165, 1.54) is 11.1 Å². The maximum Gasteiger partial charge on any atom is 0.0303 e. The van der Waals surface area contributed by atoms with Crippen LogP contribution in [0.4, 0.5) is 0 Å². The van der Waals surface area contributed by atoms with Crippen LogP contribution in [0.5, 0.6) is 0 Å². The molecule has 0 aliphatic heterocycles. The third-order valence-corrected chi connectivity index (χ3v) is 4.44. The number of rotatable bonds is 6. The van der Waals surface area contributed by atoms with Gasteiger partial charge in [-0.2, -0.15) is 0 Å². The molecular formula is C17H30N2. The predicted octanol–water partition coefficient (Wildman–Crippen LogP) is 3.28. The Morgan fingerprint density at radius 1 is 1.11 bits per heavy atom. The van der Waals surface area contributed by atoms with E-state index in [1.54, 1.807) is 0 Å². The van der Waals surface area contributed by atoms with E-state index in [1.807, 2.05) is 0 Å². The Morgan fingerprint density at radius 2 is 1.63 bits per heavy atom. The molecule has 1 atom stereocenters. The maximum absolute atomic E-state index is 3.47. The van der Waals surface area contributed by atoms with Crippen molar-refractivity contribution in [2.75, 3.05) is 21.1 Å². The summed E-state index contributed by atoms with van der Waals surface area (Å²) in [7, 11) is 6.34. The van der Waals surface area contributed by atoms with Gasteiger partial charge in [0.05, 0.1) is 0 Å². The fourth-order valence-electron chi connectivity index (χ4n) is 2.29. The van der Waals surface area contributed by atoms with Crippen LogP contribution in [0.15, 0.2) is 24.3 Å². The second-order valence-electron chi connectivity index (χ2n) is 6.49. The molecule has 1 aromatic rings. The van der Waals surface area contributed by atoms with E-state index >= 15 is 0 Å². The summed E-state index contributed by atoms with van der Waals surface area (Å²) in [6.07, 6.45) is 1.06. The first-order valence-electron chi connectivity index (χ1n) is 7.22. The number of nitrogens with one attached hydrogen (secondary N) is 1. The molecule has 1 unspecified atom stereocenters. The van der Waals surface area contributed by atoms with Crippen LogP contribution >= 0.6 is 0 Å². The van der Waals surface area contributed by atoms with Crippen molar-refractivity contribution in [1.82, 2.24) is 10.2 Å². The Labute approximate surface area is 119 Å². The van der Waals surface area contributed by atoms with Gasteiger partial charge in [-0.25, -0.2) is 0 Å². The quantitative estimate of drug-likeness (QED) is 0.846. The Balaban J connectivity index is 2.82. The van der Waals surface area contributed by atoms with E-state index in [2.05, 4.69) is 83.3 Å². The monoisotopic (exact) mass is 262 g/mol. The fourth-order valence-corrected chi connectivity index (χ4v) is 2.29. The van der Waals surface area contributed by atoms with Gasteiger partial charge in [-0.3, -0.25) is 0 Å². The van der Waals surface area contributed by atoms with Gasteiger partial charge in [0.1, 0.15) is 0 Å².